The molecule has 0 spiro atoms. The van der Waals surface area contributed by atoms with Gasteiger partial charge in [-0.25, -0.2) is 4.98 Å². The van der Waals surface area contributed by atoms with Crippen LogP contribution in [0.5, 0.6) is 0 Å². The molecule has 1 aromatic rings. The minimum Gasteiger partial charge on any atom is -0.481 e. The molecule has 1 amide bonds. The monoisotopic (exact) mass is 362 g/mol. The minimum atomic E-state index is -0.981. The van der Waals surface area contributed by atoms with Gasteiger partial charge in [0.15, 0.2) is 0 Å². The van der Waals surface area contributed by atoms with Crippen molar-refractivity contribution in [1.29, 1.82) is 0 Å². The quantitative estimate of drug-likeness (QED) is 0.826. The zero-order valence-corrected chi connectivity index (χ0v) is 12.9. The van der Waals surface area contributed by atoms with Crippen LogP contribution in [0.3, 0.4) is 0 Å². The molecule has 6 nitrogen and oxygen atoms in total. The number of hydrogen-bond acceptors (Lipinski definition) is 4. The molecule has 8 heteroatoms. The summed E-state index contributed by atoms with van der Waals surface area (Å²) in [5.74, 6) is -2.10. The van der Waals surface area contributed by atoms with Crippen molar-refractivity contribution in [2.24, 2.45) is 5.92 Å². The number of hydrogen-bond donors (Lipinski definition) is 1. The van der Waals surface area contributed by atoms with E-state index in [-0.39, 0.29) is 29.8 Å². The smallest absolute Gasteiger partial charge is 0.311 e. The number of aromatic nitrogens is 1. The number of rotatable bonds is 3. The fourth-order valence-corrected chi connectivity index (χ4v) is 2.59. The molecule has 1 saturated heterocycles. The van der Waals surface area contributed by atoms with Gasteiger partial charge in [0.1, 0.15) is 11.1 Å². The van der Waals surface area contributed by atoms with Gasteiger partial charge in [-0.3, -0.25) is 9.59 Å². The predicted molar refractivity (Wildman–Crippen MR) is 74.8 cm³/mol. The third-order valence-corrected chi connectivity index (χ3v) is 3.96. The lowest BCUT2D eigenvalue weighted by molar-refractivity contribution is -0.142. The lowest BCUT2D eigenvalue weighted by atomic mass is 10.0. The SMILES string of the molecule is CN(C(=O)c1cc(Br)cnc1Cl)C1COCC1C(=O)O. The van der Waals surface area contributed by atoms with Crippen molar-refractivity contribution in [3.8, 4) is 0 Å². The van der Waals surface area contributed by atoms with Gasteiger partial charge >= 0.3 is 5.97 Å². The molecule has 0 saturated carbocycles. The molecule has 0 bridgehead atoms. The van der Waals surface area contributed by atoms with Crippen LogP contribution >= 0.6 is 27.5 Å². The second kappa shape index (κ2) is 6.07. The fraction of sp³-hybridized carbons (Fsp3) is 0.417. The van der Waals surface area contributed by atoms with Crippen molar-refractivity contribution in [2.75, 3.05) is 20.3 Å². The van der Waals surface area contributed by atoms with Crippen LogP contribution in [0.4, 0.5) is 0 Å². The van der Waals surface area contributed by atoms with E-state index in [9.17, 15) is 9.59 Å². The molecule has 0 aliphatic carbocycles. The summed E-state index contributed by atoms with van der Waals surface area (Å²) in [6.07, 6.45) is 1.48. The summed E-state index contributed by atoms with van der Waals surface area (Å²) in [4.78, 5) is 28.8. The highest BCUT2D eigenvalue weighted by Crippen LogP contribution is 2.24. The average molecular weight is 364 g/mol. The van der Waals surface area contributed by atoms with E-state index in [1.54, 1.807) is 6.07 Å². The van der Waals surface area contributed by atoms with E-state index in [1.807, 2.05) is 0 Å². The number of halogens is 2. The first-order chi connectivity index (χ1) is 9.41. The average Bonchev–Trinajstić information content (AvgIpc) is 2.89. The van der Waals surface area contributed by atoms with E-state index in [1.165, 1.54) is 18.1 Å². The zero-order chi connectivity index (χ0) is 14.9. The number of pyridine rings is 1. The molecule has 1 N–H and O–H groups in total. The Bertz CT molecular complexity index is 554. The second-order valence-corrected chi connectivity index (χ2v) is 5.73. The summed E-state index contributed by atoms with van der Waals surface area (Å²) in [5.41, 5.74) is 0.222. The largest absolute Gasteiger partial charge is 0.481 e. The van der Waals surface area contributed by atoms with Crippen molar-refractivity contribution >= 4 is 39.4 Å². The van der Waals surface area contributed by atoms with Crippen molar-refractivity contribution < 1.29 is 19.4 Å². The van der Waals surface area contributed by atoms with Gasteiger partial charge in [-0.15, -0.1) is 0 Å². The van der Waals surface area contributed by atoms with Crippen molar-refractivity contribution in [3.63, 3.8) is 0 Å². The van der Waals surface area contributed by atoms with E-state index in [4.69, 9.17) is 21.4 Å². The molecule has 0 radical (unpaired) electrons. The number of carboxylic acid groups (broad SMARTS) is 1. The number of nitrogens with zero attached hydrogens (tertiary/aromatic N) is 2. The Morgan fingerprint density at radius 2 is 2.25 bits per heavy atom. The number of ether oxygens (including phenoxy) is 1. The Hall–Kier alpha value is -1.18. The molecule has 2 unspecified atom stereocenters. The topological polar surface area (TPSA) is 79.7 Å². The first kappa shape index (κ1) is 15.2. The van der Waals surface area contributed by atoms with Crippen LogP contribution in [0.15, 0.2) is 16.7 Å². The Morgan fingerprint density at radius 1 is 1.55 bits per heavy atom. The third kappa shape index (κ3) is 2.94. The van der Waals surface area contributed by atoms with Crippen molar-refractivity contribution in [3.05, 3.63) is 27.5 Å². The van der Waals surface area contributed by atoms with Gasteiger partial charge in [-0.05, 0) is 22.0 Å². The molecule has 1 aliphatic heterocycles. The molecule has 2 atom stereocenters. The molecule has 1 aliphatic rings. The highest BCUT2D eigenvalue weighted by atomic mass is 79.9. The molecule has 1 fully saturated rings. The Labute approximate surface area is 128 Å². The van der Waals surface area contributed by atoms with Crippen LogP contribution in [0.1, 0.15) is 10.4 Å². The summed E-state index contributed by atoms with van der Waals surface area (Å²) in [6, 6.07) is 1.04. The number of aliphatic carboxylic acids is 1. The highest BCUT2D eigenvalue weighted by Gasteiger charge is 2.39. The lowest BCUT2D eigenvalue weighted by Gasteiger charge is -2.26. The van der Waals surface area contributed by atoms with Gasteiger partial charge in [0.2, 0.25) is 0 Å². The first-order valence-corrected chi connectivity index (χ1v) is 6.97. The lowest BCUT2D eigenvalue weighted by Crippen LogP contribution is -2.44. The normalized spacial score (nSPS) is 21.8. The summed E-state index contributed by atoms with van der Waals surface area (Å²) in [6.45, 7) is 0.292. The molecule has 2 heterocycles. The van der Waals surface area contributed by atoms with Crippen molar-refractivity contribution in [1.82, 2.24) is 9.88 Å². The molecular weight excluding hydrogens is 351 g/mol. The van der Waals surface area contributed by atoms with Crippen LogP contribution in [-0.4, -0.2) is 53.2 Å². The van der Waals surface area contributed by atoms with Gasteiger partial charge in [-0.2, -0.15) is 0 Å². The maximum atomic E-state index is 12.4. The van der Waals surface area contributed by atoms with Gasteiger partial charge in [0.25, 0.3) is 5.91 Å². The van der Waals surface area contributed by atoms with Crippen LogP contribution in [-0.2, 0) is 9.53 Å². The zero-order valence-electron chi connectivity index (χ0n) is 10.5. The van der Waals surface area contributed by atoms with Crippen LogP contribution < -0.4 is 0 Å². The third-order valence-electron chi connectivity index (χ3n) is 3.22. The summed E-state index contributed by atoms with van der Waals surface area (Å²) in [7, 11) is 1.54. The van der Waals surface area contributed by atoms with Gasteiger partial charge in [-0.1, -0.05) is 11.6 Å². The number of carbonyl (C=O) groups is 2. The van der Waals surface area contributed by atoms with Gasteiger partial charge in [0.05, 0.1) is 24.8 Å². The van der Waals surface area contributed by atoms with E-state index in [0.29, 0.717) is 4.47 Å². The molecule has 1 aromatic heterocycles. The predicted octanol–water partition coefficient (Wildman–Crippen LogP) is 1.67. The molecule has 2 rings (SSSR count). The maximum absolute atomic E-state index is 12.4. The van der Waals surface area contributed by atoms with Crippen LogP contribution in [0, 0.1) is 5.92 Å². The highest BCUT2D eigenvalue weighted by molar-refractivity contribution is 9.10. The standard InChI is InChI=1S/C12H12BrClN2O4/c1-16(9-5-20-4-8(9)12(18)19)11(17)7-2-6(13)3-15-10(7)14/h2-3,8-9H,4-5H2,1H3,(H,18,19). The summed E-state index contributed by atoms with van der Waals surface area (Å²) in [5, 5.41) is 9.20. The Morgan fingerprint density at radius 3 is 2.90 bits per heavy atom. The minimum absolute atomic E-state index is 0.0795. The number of amides is 1. The number of carboxylic acids is 1. The summed E-state index contributed by atoms with van der Waals surface area (Å²) >= 11 is 9.14. The van der Waals surface area contributed by atoms with Crippen molar-refractivity contribution in [2.45, 2.75) is 6.04 Å². The van der Waals surface area contributed by atoms with E-state index in [0.717, 1.165) is 0 Å². The van der Waals surface area contributed by atoms with Gasteiger partial charge in [0, 0.05) is 17.7 Å². The Balaban J connectivity index is 2.24. The maximum Gasteiger partial charge on any atom is 0.311 e. The molecule has 0 aromatic carbocycles. The van der Waals surface area contributed by atoms with Crippen LogP contribution in [0.2, 0.25) is 5.15 Å². The van der Waals surface area contributed by atoms with Crippen LogP contribution in [0.25, 0.3) is 0 Å². The van der Waals surface area contributed by atoms with E-state index >= 15 is 0 Å². The number of likely N-dealkylation sites (N-methyl/N-ethyl adjacent to an activating group) is 1. The molecule has 108 valence electrons. The van der Waals surface area contributed by atoms with Gasteiger partial charge < -0.3 is 14.7 Å². The fourth-order valence-electron chi connectivity index (χ4n) is 2.07. The van der Waals surface area contributed by atoms with E-state index in [2.05, 4.69) is 20.9 Å². The first-order valence-electron chi connectivity index (χ1n) is 5.80. The Kier molecular flexibility index (Phi) is 4.62. The summed E-state index contributed by atoms with van der Waals surface area (Å²) < 4.78 is 5.78. The number of carbonyl (C=O) groups excluding carboxylic acids is 1. The van der Waals surface area contributed by atoms with E-state index < -0.39 is 17.9 Å². The molecular formula is C12H12BrClN2O4. The second-order valence-electron chi connectivity index (χ2n) is 4.46. The molecule has 20 heavy (non-hydrogen) atoms.